The van der Waals surface area contributed by atoms with Crippen molar-refractivity contribution in [3.8, 4) is 0 Å². The van der Waals surface area contributed by atoms with E-state index in [1.54, 1.807) is 13.0 Å². The summed E-state index contributed by atoms with van der Waals surface area (Å²) in [6.07, 6.45) is 1.51. The molecule has 2 rings (SSSR count). The molecular weight excluding hydrogens is 310 g/mol. The van der Waals surface area contributed by atoms with Crippen molar-refractivity contribution in [2.75, 3.05) is 23.8 Å². The Labute approximate surface area is 128 Å². The molecule has 1 aromatic heterocycles. The van der Waals surface area contributed by atoms with Crippen molar-refractivity contribution >= 4 is 27.7 Å². The highest BCUT2D eigenvalue weighted by molar-refractivity contribution is 7.89. The Morgan fingerprint density at radius 3 is 2.91 bits per heavy atom. The third-order valence-corrected chi connectivity index (χ3v) is 4.15. The molecular formula is C13H17N3O5S. The van der Waals surface area contributed by atoms with Crippen LogP contribution in [0.25, 0.3) is 0 Å². The highest BCUT2D eigenvalue weighted by Gasteiger charge is 2.35. The molecule has 1 aromatic rings. The standard InChI is InChI=1S/C13H17N3O5S/c1-2-21-13(18)10-4-3-5-15-12(10)16-7-9(6-11(16)17)8-22(14,19)20/h3-5,9H,2,6-8H2,1H3,(H2,14,19,20). The zero-order valence-corrected chi connectivity index (χ0v) is 12.9. The highest BCUT2D eigenvalue weighted by Crippen LogP contribution is 2.27. The number of hydrogen-bond acceptors (Lipinski definition) is 6. The fourth-order valence-corrected chi connectivity index (χ4v) is 3.29. The summed E-state index contributed by atoms with van der Waals surface area (Å²) in [6.45, 7) is 2.03. The van der Waals surface area contributed by atoms with Gasteiger partial charge in [-0.3, -0.25) is 9.69 Å². The van der Waals surface area contributed by atoms with Crippen LogP contribution in [-0.2, 0) is 19.6 Å². The fourth-order valence-electron chi connectivity index (χ4n) is 2.41. The minimum absolute atomic E-state index is 0.0509. The summed E-state index contributed by atoms with van der Waals surface area (Å²) in [5.41, 5.74) is 0.175. The second-order valence-corrected chi connectivity index (χ2v) is 6.66. The molecule has 0 saturated carbocycles. The number of primary sulfonamides is 1. The Kier molecular flexibility index (Phi) is 4.77. The zero-order chi connectivity index (χ0) is 16.3. The van der Waals surface area contributed by atoms with Crippen molar-refractivity contribution in [3.63, 3.8) is 0 Å². The number of nitrogens with zero attached hydrogens (tertiary/aromatic N) is 2. The first kappa shape index (κ1) is 16.4. The van der Waals surface area contributed by atoms with E-state index in [1.807, 2.05) is 0 Å². The number of pyridine rings is 1. The second-order valence-electron chi connectivity index (χ2n) is 5.00. The molecule has 0 aliphatic carbocycles. The molecule has 1 amide bonds. The van der Waals surface area contributed by atoms with E-state index in [2.05, 4.69) is 4.98 Å². The Bertz CT molecular complexity index is 689. The van der Waals surface area contributed by atoms with Gasteiger partial charge in [-0.15, -0.1) is 0 Å². The predicted molar refractivity (Wildman–Crippen MR) is 78.6 cm³/mol. The molecule has 22 heavy (non-hydrogen) atoms. The number of esters is 1. The van der Waals surface area contributed by atoms with Crippen LogP contribution in [0.1, 0.15) is 23.7 Å². The van der Waals surface area contributed by atoms with Gasteiger partial charge in [0.1, 0.15) is 11.4 Å². The first-order valence-electron chi connectivity index (χ1n) is 6.74. The van der Waals surface area contributed by atoms with Gasteiger partial charge in [-0.2, -0.15) is 0 Å². The molecule has 2 N–H and O–H groups in total. The monoisotopic (exact) mass is 327 g/mol. The van der Waals surface area contributed by atoms with Crippen molar-refractivity contribution < 1.29 is 22.7 Å². The van der Waals surface area contributed by atoms with Gasteiger partial charge in [-0.1, -0.05) is 0 Å². The van der Waals surface area contributed by atoms with Crippen molar-refractivity contribution in [1.29, 1.82) is 0 Å². The Balaban J connectivity index is 2.25. The summed E-state index contributed by atoms with van der Waals surface area (Å²) in [6, 6.07) is 3.08. The van der Waals surface area contributed by atoms with Crippen molar-refractivity contribution in [2.24, 2.45) is 11.1 Å². The average molecular weight is 327 g/mol. The van der Waals surface area contributed by atoms with E-state index < -0.39 is 21.9 Å². The predicted octanol–water partition coefficient (Wildman–Crippen LogP) is -0.100. The van der Waals surface area contributed by atoms with Gasteiger partial charge in [0, 0.05) is 25.1 Å². The van der Waals surface area contributed by atoms with E-state index >= 15 is 0 Å². The number of anilines is 1. The molecule has 1 fully saturated rings. The maximum absolute atomic E-state index is 12.1. The lowest BCUT2D eigenvalue weighted by molar-refractivity contribution is -0.117. The molecule has 1 unspecified atom stereocenters. The van der Waals surface area contributed by atoms with Gasteiger partial charge < -0.3 is 4.74 Å². The molecule has 1 atom stereocenters. The summed E-state index contributed by atoms with van der Waals surface area (Å²) in [4.78, 5) is 29.4. The second kappa shape index (κ2) is 6.41. The Hall–Kier alpha value is -2.00. The number of ether oxygens (including phenoxy) is 1. The van der Waals surface area contributed by atoms with E-state index in [9.17, 15) is 18.0 Å². The van der Waals surface area contributed by atoms with E-state index in [1.165, 1.54) is 17.2 Å². The molecule has 8 nitrogen and oxygen atoms in total. The van der Waals surface area contributed by atoms with Gasteiger partial charge in [-0.05, 0) is 19.1 Å². The molecule has 1 aliphatic heterocycles. The highest BCUT2D eigenvalue weighted by atomic mass is 32.2. The lowest BCUT2D eigenvalue weighted by Gasteiger charge is -2.18. The number of hydrogen-bond donors (Lipinski definition) is 1. The van der Waals surface area contributed by atoms with Gasteiger partial charge in [0.25, 0.3) is 0 Å². The minimum Gasteiger partial charge on any atom is -0.462 e. The summed E-state index contributed by atoms with van der Waals surface area (Å²) in [7, 11) is -3.66. The number of aromatic nitrogens is 1. The molecule has 0 radical (unpaired) electrons. The van der Waals surface area contributed by atoms with Crippen LogP contribution in [0.5, 0.6) is 0 Å². The van der Waals surface area contributed by atoms with Crippen molar-refractivity contribution in [1.82, 2.24) is 4.98 Å². The number of carbonyl (C=O) groups excluding carboxylic acids is 2. The van der Waals surface area contributed by atoms with Gasteiger partial charge in [0.15, 0.2) is 0 Å². The Morgan fingerprint density at radius 1 is 1.55 bits per heavy atom. The molecule has 120 valence electrons. The third kappa shape index (κ3) is 3.80. The van der Waals surface area contributed by atoms with Crippen LogP contribution in [0.2, 0.25) is 0 Å². The summed E-state index contributed by atoms with van der Waals surface area (Å²) in [5, 5.41) is 5.02. The first-order chi connectivity index (χ1) is 10.3. The average Bonchev–Trinajstić information content (AvgIpc) is 2.77. The van der Waals surface area contributed by atoms with Crippen molar-refractivity contribution in [3.05, 3.63) is 23.9 Å². The molecule has 0 bridgehead atoms. The van der Waals surface area contributed by atoms with Crippen LogP contribution in [0.4, 0.5) is 5.82 Å². The topological polar surface area (TPSA) is 120 Å². The fraction of sp³-hybridized carbons (Fsp3) is 0.462. The van der Waals surface area contributed by atoms with Gasteiger partial charge in [0.05, 0.1) is 12.4 Å². The minimum atomic E-state index is -3.66. The number of rotatable bonds is 5. The third-order valence-electron chi connectivity index (χ3n) is 3.21. The molecule has 1 saturated heterocycles. The summed E-state index contributed by atoms with van der Waals surface area (Å²) in [5.74, 6) is -1.38. The number of amides is 1. The number of nitrogens with two attached hydrogens (primary N) is 1. The van der Waals surface area contributed by atoms with E-state index in [4.69, 9.17) is 9.88 Å². The maximum atomic E-state index is 12.1. The molecule has 9 heteroatoms. The zero-order valence-electron chi connectivity index (χ0n) is 12.1. The largest absolute Gasteiger partial charge is 0.462 e. The van der Waals surface area contributed by atoms with Crippen LogP contribution in [0.3, 0.4) is 0 Å². The van der Waals surface area contributed by atoms with Crippen LogP contribution in [0.15, 0.2) is 18.3 Å². The smallest absolute Gasteiger partial charge is 0.341 e. The number of sulfonamides is 1. The van der Waals surface area contributed by atoms with Crippen LogP contribution >= 0.6 is 0 Å². The lowest BCUT2D eigenvalue weighted by atomic mass is 10.1. The van der Waals surface area contributed by atoms with Gasteiger partial charge >= 0.3 is 5.97 Å². The Morgan fingerprint density at radius 2 is 2.27 bits per heavy atom. The normalized spacial score (nSPS) is 18.5. The van der Waals surface area contributed by atoms with E-state index in [-0.39, 0.29) is 42.6 Å². The van der Waals surface area contributed by atoms with Crippen LogP contribution in [0, 0.1) is 5.92 Å². The molecule has 2 heterocycles. The molecule has 0 aromatic carbocycles. The summed E-state index contributed by atoms with van der Waals surface area (Å²) >= 11 is 0. The van der Waals surface area contributed by atoms with E-state index in [0.717, 1.165) is 0 Å². The van der Waals surface area contributed by atoms with E-state index in [0.29, 0.717) is 0 Å². The van der Waals surface area contributed by atoms with Gasteiger partial charge in [0.2, 0.25) is 15.9 Å². The number of carbonyl (C=O) groups is 2. The van der Waals surface area contributed by atoms with Gasteiger partial charge in [-0.25, -0.2) is 23.3 Å². The maximum Gasteiger partial charge on any atom is 0.341 e. The first-order valence-corrected chi connectivity index (χ1v) is 8.46. The SMILES string of the molecule is CCOC(=O)c1cccnc1N1CC(CS(N)(=O)=O)CC1=O. The van der Waals surface area contributed by atoms with Crippen LogP contribution < -0.4 is 10.0 Å². The molecule has 1 aliphatic rings. The summed E-state index contributed by atoms with van der Waals surface area (Å²) < 4.78 is 27.2. The van der Waals surface area contributed by atoms with Crippen molar-refractivity contribution in [2.45, 2.75) is 13.3 Å². The molecule has 0 spiro atoms. The quantitative estimate of drug-likeness (QED) is 0.754. The van der Waals surface area contributed by atoms with Crippen LogP contribution in [-0.4, -0.2) is 44.2 Å². The lowest BCUT2D eigenvalue weighted by Crippen LogP contribution is -2.29.